The highest BCUT2D eigenvalue weighted by Crippen LogP contribution is 2.20. The summed E-state index contributed by atoms with van der Waals surface area (Å²) in [5.41, 5.74) is -0.358. The van der Waals surface area contributed by atoms with E-state index in [1.165, 1.54) is 4.57 Å². The van der Waals surface area contributed by atoms with E-state index in [9.17, 15) is 9.59 Å². The Morgan fingerprint density at radius 2 is 1.79 bits per heavy atom. The summed E-state index contributed by atoms with van der Waals surface area (Å²) in [4.78, 5) is 23.8. The molecule has 3 aromatic rings. The van der Waals surface area contributed by atoms with Gasteiger partial charge in [-0.3, -0.25) is 4.57 Å². The van der Waals surface area contributed by atoms with Crippen molar-refractivity contribution < 1.29 is 13.9 Å². The van der Waals surface area contributed by atoms with Crippen LogP contribution in [0.2, 0.25) is 5.02 Å². The first-order valence-electron chi connectivity index (χ1n) is 7.19. The van der Waals surface area contributed by atoms with Crippen molar-refractivity contribution in [2.75, 3.05) is 13.7 Å². The fraction of sp³-hybridized carbons (Fsp3) is 0.176. The minimum Gasteiger partial charge on any atom is -0.497 e. The smallest absolute Gasteiger partial charge is 0.422 e. The van der Waals surface area contributed by atoms with Crippen molar-refractivity contribution in [2.24, 2.45) is 0 Å². The van der Waals surface area contributed by atoms with E-state index in [1.807, 2.05) is 0 Å². The van der Waals surface area contributed by atoms with Crippen LogP contribution in [0.15, 0.2) is 56.5 Å². The summed E-state index contributed by atoms with van der Waals surface area (Å²) in [6.07, 6.45) is 0. The molecule has 0 saturated heterocycles. The summed E-state index contributed by atoms with van der Waals surface area (Å²) in [5, 5.41) is 0.563. The molecule has 0 aliphatic rings. The Hall–Kier alpha value is -2.73. The number of aromatic nitrogens is 1. The van der Waals surface area contributed by atoms with Crippen molar-refractivity contribution in [2.45, 2.75) is 6.54 Å². The zero-order valence-corrected chi connectivity index (χ0v) is 13.6. The van der Waals surface area contributed by atoms with E-state index >= 15 is 0 Å². The topological polar surface area (TPSA) is 70.7 Å². The minimum absolute atomic E-state index is 0.189. The molecule has 0 aliphatic heterocycles. The summed E-state index contributed by atoms with van der Waals surface area (Å²) in [7, 11) is 1.58. The minimum atomic E-state index is -0.765. The maximum Gasteiger partial charge on any atom is 0.422 e. The van der Waals surface area contributed by atoms with Crippen molar-refractivity contribution in [1.82, 2.24) is 4.57 Å². The molecule has 0 N–H and O–H groups in total. The van der Waals surface area contributed by atoms with Gasteiger partial charge in [-0.05, 0) is 36.4 Å². The summed E-state index contributed by atoms with van der Waals surface area (Å²) < 4.78 is 16.7. The molecule has 3 rings (SSSR count). The van der Waals surface area contributed by atoms with Crippen LogP contribution < -0.4 is 20.9 Å². The number of nitrogens with zero attached hydrogens (tertiary/aromatic N) is 1. The van der Waals surface area contributed by atoms with Crippen molar-refractivity contribution in [1.29, 1.82) is 0 Å². The Morgan fingerprint density at radius 1 is 1.08 bits per heavy atom. The highest BCUT2D eigenvalue weighted by molar-refractivity contribution is 6.35. The average molecular weight is 348 g/mol. The van der Waals surface area contributed by atoms with Crippen molar-refractivity contribution >= 4 is 22.5 Å². The third-order valence-electron chi connectivity index (χ3n) is 3.52. The van der Waals surface area contributed by atoms with Crippen LogP contribution in [-0.2, 0) is 6.54 Å². The van der Waals surface area contributed by atoms with Crippen molar-refractivity contribution in [3.8, 4) is 11.5 Å². The predicted molar refractivity (Wildman–Crippen MR) is 90.2 cm³/mol. The van der Waals surface area contributed by atoms with Gasteiger partial charge in [0.05, 0.1) is 29.6 Å². The zero-order valence-electron chi connectivity index (χ0n) is 12.8. The molecule has 0 bridgehead atoms. The first kappa shape index (κ1) is 16.1. The molecule has 0 fully saturated rings. The van der Waals surface area contributed by atoms with Gasteiger partial charge >= 0.3 is 11.4 Å². The molecule has 0 atom stereocenters. The third-order valence-corrected chi connectivity index (χ3v) is 3.83. The van der Waals surface area contributed by atoms with Crippen LogP contribution >= 0.6 is 11.6 Å². The van der Waals surface area contributed by atoms with Crippen LogP contribution in [0.5, 0.6) is 11.5 Å². The second-order valence-corrected chi connectivity index (χ2v) is 5.37. The Kier molecular flexibility index (Phi) is 4.57. The summed E-state index contributed by atoms with van der Waals surface area (Å²) in [5.74, 6) is 0.594. The fourth-order valence-electron chi connectivity index (χ4n) is 2.36. The summed E-state index contributed by atoms with van der Waals surface area (Å²) >= 11 is 6.14. The molecule has 0 saturated carbocycles. The van der Waals surface area contributed by atoms with Crippen molar-refractivity contribution in [3.05, 3.63) is 68.5 Å². The number of methoxy groups -OCH3 is 1. The van der Waals surface area contributed by atoms with Gasteiger partial charge in [0, 0.05) is 0 Å². The standard InChI is InChI=1S/C17H14ClNO5/c1-22-11-5-7-12(8-6-11)23-10-9-19-15-13(3-2-4-14(15)18)16(20)24-17(19)21/h2-8H,9-10H2,1H3. The SMILES string of the molecule is COc1ccc(OCCn2c(=O)oc(=O)c3cccc(Cl)c32)cc1. The summed E-state index contributed by atoms with van der Waals surface area (Å²) in [6.45, 7) is 0.398. The van der Waals surface area contributed by atoms with Crippen LogP contribution in [0.1, 0.15) is 0 Å². The van der Waals surface area contributed by atoms with Crippen LogP contribution in [0, 0.1) is 0 Å². The molecule has 24 heavy (non-hydrogen) atoms. The summed E-state index contributed by atoms with van der Waals surface area (Å²) in [6, 6.07) is 11.9. The van der Waals surface area contributed by atoms with E-state index in [-0.39, 0.29) is 18.5 Å². The van der Waals surface area contributed by atoms with E-state index in [4.69, 9.17) is 25.5 Å². The van der Waals surface area contributed by atoms with Crippen LogP contribution in [0.3, 0.4) is 0 Å². The van der Waals surface area contributed by atoms with E-state index < -0.39 is 11.4 Å². The predicted octanol–water partition coefficient (Wildman–Crippen LogP) is 2.70. The Labute approximate surface area is 141 Å². The van der Waals surface area contributed by atoms with E-state index in [2.05, 4.69) is 0 Å². The number of benzene rings is 2. The largest absolute Gasteiger partial charge is 0.497 e. The van der Waals surface area contributed by atoms with E-state index in [0.717, 1.165) is 5.75 Å². The maximum absolute atomic E-state index is 12.0. The average Bonchev–Trinajstić information content (AvgIpc) is 2.58. The molecule has 0 unspecified atom stereocenters. The van der Waals surface area contributed by atoms with Crippen LogP contribution in [0.4, 0.5) is 0 Å². The highest BCUT2D eigenvalue weighted by atomic mass is 35.5. The Morgan fingerprint density at radius 3 is 2.50 bits per heavy atom. The monoisotopic (exact) mass is 347 g/mol. The van der Waals surface area contributed by atoms with Crippen LogP contribution in [-0.4, -0.2) is 18.3 Å². The van der Waals surface area contributed by atoms with Gasteiger partial charge in [-0.1, -0.05) is 17.7 Å². The quantitative estimate of drug-likeness (QED) is 0.709. The van der Waals surface area contributed by atoms with Crippen molar-refractivity contribution in [3.63, 3.8) is 0 Å². The molecule has 0 amide bonds. The lowest BCUT2D eigenvalue weighted by Crippen LogP contribution is -2.27. The number of halogens is 1. The molecule has 0 aliphatic carbocycles. The Balaban J connectivity index is 1.85. The van der Waals surface area contributed by atoms with Gasteiger partial charge in [0.15, 0.2) is 0 Å². The molecule has 7 heteroatoms. The number of hydrogen-bond donors (Lipinski definition) is 0. The van der Waals surface area contributed by atoms with Gasteiger partial charge in [-0.2, -0.15) is 0 Å². The molecule has 0 spiro atoms. The molecule has 124 valence electrons. The lowest BCUT2D eigenvalue weighted by Gasteiger charge is -2.11. The second kappa shape index (κ2) is 6.80. The number of para-hydroxylation sites is 1. The van der Waals surface area contributed by atoms with Gasteiger partial charge in [-0.15, -0.1) is 0 Å². The van der Waals surface area contributed by atoms with Gasteiger partial charge < -0.3 is 13.9 Å². The first-order chi connectivity index (χ1) is 11.6. The van der Waals surface area contributed by atoms with E-state index in [0.29, 0.717) is 16.3 Å². The first-order valence-corrected chi connectivity index (χ1v) is 7.57. The zero-order chi connectivity index (χ0) is 17.1. The molecule has 2 aromatic carbocycles. The van der Waals surface area contributed by atoms with Gasteiger partial charge in [0.25, 0.3) is 0 Å². The number of rotatable bonds is 5. The molecule has 1 aromatic heterocycles. The third kappa shape index (κ3) is 3.14. The number of fused-ring (bicyclic) bond motifs is 1. The van der Waals surface area contributed by atoms with Gasteiger partial charge in [0.2, 0.25) is 0 Å². The molecule has 0 radical (unpaired) electrons. The van der Waals surface area contributed by atoms with E-state index in [1.54, 1.807) is 49.6 Å². The number of hydrogen-bond acceptors (Lipinski definition) is 5. The number of ether oxygens (including phenoxy) is 2. The van der Waals surface area contributed by atoms with Gasteiger partial charge in [0.1, 0.15) is 18.1 Å². The lowest BCUT2D eigenvalue weighted by atomic mass is 10.2. The lowest BCUT2D eigenvalue weighted by molar-refractivity contribution is 0.287. The highest BCUT2D eigenvalue weighted by Gasteiger charge is 2.12. The molecule has 6 nitrogen and oxygen atoms in total. The normalized spacial score (nSPS) is 10.8. The maximum atomic E-state index is 12.0. The van der Waals surface area contributed by atoms with Crippen LogP contribution in [0.25, 0.3) is 10.9 Å². The molecule has 1 heterocycles. The molecular weight excluding hydrogens is 334 g/mol. The Bertz CT molecular complexity index is 975. The molecular formula is C17H14ClNO5. The van der Waals surface area contributed by atoms with Gasteiger partial charge in [-0.25, -0.2) is 9.59 Å². The second-order valence-electron chi connectivity index (χ2n) is 4.97. The fourth-order valence-corrected chi connectivity index (χ4v) is 2.64.